The fraction of sp³-hybridized carbons (Fsp3) is 0.300. The van der Waals surface area contributed by atoms with Crippen molar-refractivity contribution in [2.24, 2.45) is 0 Å². The highest BCUT2D eigenvalue weighted by Gasteiger charge is 2.03. The van der Waals surface area contributed by atoms with E-state index in [0.717, 1.165) is 0 Å². The summed E-state index contributed by atoms with van der Waals surface area (Å²) in [6.45, 7) is 9.11. The Morgan fingerprint density at radius 3 is 2.46 bits per heavy atom. The van der Waals surface area contributed by atoms with Gasteiger partial charge in [-0.15, -0.1) is 0 Å². The van der Waals surface area contributed by atoms with Crippen molar-refractivity contribution in [1.82, 2.24) is 0 Å². The molecule has 0 amide bonds. The second-order valence-corrected chi connectivity index (χ2v) is 2.31. The minimum Gasteiger partial charge on any atom is -0.497 e. The summed E-state index contributed by atoms with van der Waals surface area (Å²) in [7, 11) is 0. The van der Waals surface area contributed by atoms with Crippen LogP contribution in [0.1, 0.15) is 6.92 Å². The molecule has 0 atom stereocenters. The maximum absolute atomic E-state index is 11.1. The van der Waals surface area contributed by atoms with Crippen LogP contribution in [0.2, 0.25) is 0 Å². The summed E-state index contributed by atoms with van der Waals surface area (Å²) < 4.78 is 9.69. The van der Waals surface area contributed by atoms with Gasteiger partial charge in [0.2, 0.25) is 0 Å². The molecule has 0 aromatic carbocycles. The Balaban J connectivity index is 3.85. The zero-order valence-corrected chi connectivity index (χ0v) is 7.79. The van der Waals surface area contributed by atoms with Crippen molar-refractivity contribution in [2.75, 3.05) is 13.2 Å². The summed E-state index contributed by atoms with van der Waals surface area (Å²) in [5.41, 5.74) is 0.420. The average molecular weight is 182 g/mol. The van der Waals surface area contributed by atoms with Gasteiger partial charge < -0.3 is 9.47 Å². The lowest BCUT2D eigenvalue weighted by atomic mass is 10.3. The molecule has 0 bridgehead atoms. The first-order valence-electron chi connectivity index (χ1n) is 3.89. The minimum atomic E-state index is -0.399. The van der Waals surface area contributed by atoms with Gasteiger partial charge in [0.05, 0.1) is 11.8 Å². The molecule has 0 aliphatic rings. The van der Waals surface area contributed by atoms with Gasteiger partial charge in [-0.25, -0.2) is 4.79 Å². The summed E-state index contributed by atoms with van der Waals surface area (Å²) in [6.07, 6.45) is 4.46. The third-order valence-electron chi connectivity index (χ3n) is 1.13. The van der Waals surface area contributed by atoms with Gasteiger partial charge in [0.25, 0.3) is 0 Å². The van der Waals surface area contributed by atoms with Crippen LogP contribution in [0, 0.1) is 0 Å². The van der Waals surface area contributed by atoms with Crippen molar-refractivity contribution < 1.29 is 14.3 Å². The first-order chi connectivity index (χ1) is 6.22. The van der Waals surface area contributed by atoms with Crippen LogP contribution >= 0.6 is 0 Å². The predicted molar refractivity (Wildman–Crippen MR) is 51.1 cm³/mol. The van der Waals surface area contributed by atoms with E-state index in [9.17, 15) is 4.79 Å². The van der Waals surface area contributed by atoms with Gasteiger partial charge >= 0.3 is 5.97 Å². The van der Waals surface area contributed by atoms with Crippen LogP contribution in [-0.2, 0) is 14.3 Å². The molecule has 0 aliphatic heterocycles. The van der Waals surface area contributed by atoms with Crippen LogP contribution in [0.3, 0.4) is 0 Å². The van der Waals surface area contributed by atoms with Crippen molar-refractivity contribution in [3.63, 3.8) is 0 Å². The SMILES string of the molecule is C=CCOC=C(C)C(=O)OCC=C. The summed E-state index contributed by atoms with van der Waals surface area (Å²) in [5, 5.41) is 0. The third-order valence-corrected chi connectivity index (χ3v) is 1.13. The molecular formula is C10H14O3. The second-order valence-electron chi connectivity index (χ2n) is 2.31. The zero-order chi connectivity index (χ0) is 10.1. The molecule has 0 aliphatic carbocycles. The van der Waals surface area contributed by atoms with Gasteiger partial charge in [-0.05, 0) is 6.92 Å². The number of carbonyl (C=O) groups excluding carboxylic acids is 1. The smallest absolute Gasteiger partial charge is 0.337 e. The highest BCUT2D eigenvalue weighted by atomic mass is 16.5. The van der Waals surface area contributed by atoms with Crippen molar-refractivity contribution in [3.8, 4) is 0 Å². The Hall–Kier alpha value is -1.51. The van der Waals surface area contributed by atoms with E-state index in [2.05, 4.69) is 13.2 Å². The van der Waals surface area contributed by atoms with Crippen LogP contribution in [0.5, 0.6) is 0 Å². The Kier molecular flexibility index (Phi) is 6.32. The van der Waals surface area contributed by atoms with Crippen LogP contribution in [-0.4, -0.2) is 19.2 Å². The first-order valence-corrected chi connectivity index (χ1v) is 3.89. The molecule has 0 aromatic heterocycles. The molecule has 3 nitrogen and oxygen atoms in total. The molecule has 0 N–H and O–H groups in total. The van der Waals surface area contributed by atoms with E-state index in [-0.39, 0.29) is 6.61 Å². The molecule has 72 valence electrons. The normalized spacial score (nSPS) is 10.4. The molecule has 0 rings (SSSR count). The summed E-state index contributed by atoms with van der Waals surface area (Å²) in [5.74, 6) is -0.399. The van der Waals surface area contributed by atoms with E-state index in [1.807, 2.05) is 0 Å². The fourth-order valence-corrected chi connectivity index (χ4v) is 0.538. The summed E-state index contributed by atoms with van der Waals surface area (Å²) >= 11 is 0. The number of rotatable bonds is 6. The Labute approximate surface area is 78.3 Å². The van der Waals surface area contributed by atoms with E-state index in [1.54, 1.807) is 13.0 Å². The molecule has 0 heterocycles. The molecule has 3 heteroatoms. The molecule has 0 saturated heterocycles. The molecule has 13 heavy (non-hydrogen) atoms. The lowest BCUT2D eigenvalue weighted by molar-refractivity contribution is -0.137. The van der Waals surface area contributed by atoms with Crippen molar-refractivity contribution >= 4 is 5.97 Å². The quantitative estimate of drug-likeness (QED) is 0.207. The van der Waals surface area contributed by atoms with Crippen molar-refractivity contribution in [1.29, 1.82) is 0 Å². The monoisotopic (exact) mass is 182 g/mol. The number of esters is 1. The number of hydrogen-bond donors (Lipinski definition) is 0. The molecule has 0 fully saturated rings. The first kappa shape index (κ1) is 11.5. The maximum atomic E-state index is 11.1. The van der Waals surface area contributed by atoms with Gasteiger partial charge in [-0.2, -0.15) is 0 Å². The fourth-order valence-electron chi connectivity index (χ4n) is 0.538. The lowest BCUT2D eigenvalue weighted by Gasteiger charge is -2.01. The van der Waals surface area contributed by atoms with Gasteiger partial charge in [-0.3, -0.25) is 0 Å². The standard InChI is InChI=1S/C10H14O3/c1-4-6-12-8-9(3)10(11)13-7-5-2/h4-5,8H,1-2,6-7H2,3H3. The maximum Gasteiger partial charge on any atom is 0.337 e. The van der Waals surface area contributed by atoms with E-state index in [1.165, 1.54) is 12.3 Å². The van der Waals surface area contributed by atoms with Crippen LogP contribution < -0.4 is 0 Å². The summed E-state index contributed by atoms with van der Waals surface area (Å²) in [6, 6.07) is 0. The molecule has 0 spiro atoms. The van der Waals surface area contributed by atoms with Gasteiger partial charge in [0, 0.05) is 0 Å². The van der Waals surface area contributed by atoms with E-state index in [4.69, 9.17) is 9.47 Å². The second kappa shape index (κ2) is 7.16. The molecular weight excluding hydrogens is 168 g/mol. The predicted octanol–water partition coefficient (Wildman–Crippen LogP) is 1.82. The Morgan fingerprint density at radius 2 is 1.92 bits per heavy atom. The van der Waals surface area contributed by atoms with Crippen molar-refractivity contribution in [3.05, 3.63) is 37.1 Å². The van der Waals surface area contributed by atoms with Crippen LogP contribution in [0.25, 0.3) is 0 Å². The molecule has 0 radical (unpaired) electrons. The third kappa shape index (κ3) is 5.73. The summed E-state index contributed by atoms with van der Waals surface area (Å²) in [4.78, 5) is 11.1. The number of ether oxygens (including phenoxy) is 2. The number of hydrogen-bond acceptors (Lipinski definition) is 3. The topological polar surface area (TPSA) is 35.5 Å². The lowest BCUT2D eigenvalue weighted by Crippen LogP contribution is -2.06. The van der Waals surface area contributed by atoms with Crippen LogP contribution in [0.4, 0.5) is 0 Å². The van der Waals surface area contributed by atoms with E-state index >= 15 is 0 Å². The average Bonchev–Trinajstić information content (AvgIpc) is 2.14. The van der Waals surface area contributed by atoms with Gasteiger partial charge in [-0.1, -0.05) is 25.3 Å². The highest BCUT2D eigenvalue weighted by molar-refractivity contribution is 5.87. The Bertz CT molecular complexity index is 216. The van der Waals surface area contributed by atoms with E-state index < -0.39 is 5.97 Å². The Morgan fingerprint density at radius 1 is 1.31 bits per heavy atom. The van der Waals surface area contributed by atoms with Crippen LogP contribution in [0.15, 0.2) is 37.1 Å². The minimum absolute atomic E-state index is 0.214. The zero-order valence-electron chi connectivity index (χ0n) is 7.79. The highest BCUT2D eigenvalue weighted by Crippen LogP contribution is 1.97. The van der Waals surface area contributed by atoms with E-state index in [0.29, 0.717) is 12.2 Å². The molecule has 0 unspecified atom stereocenters. The van der Waals surface area contributed by atoms with Gasteiger partial charge in [0.1, 0.15) is 13.2 Å². The largest absolute Gasteiger partial charge is 0.497 e. The van der Waals surface area contributed by atoms with Crippen molar-refractivity contribution in [2.45, 2.75) is 6.92 Å². The van der Waals surface area contributed by atoms with Gasteiger partial charge in [0.15, 0.2) is 0 Å². The number of carbonyl (C=O) groups is 1. The molecule has 0 saturated carbocycles. The molecule has 0 aromatic rings.